The summed E-state index contributed by atoms with van der Waals surface area (Å²) in [6.45, 7) is 2.79. The lowest BCUT2D eigenvalue weighted by molar-refractivity contribution is 0.0954. The van der Waals surface area contributed by atoms with E-state index in [2.05, 4.69) is 17.2 Å². The molecule has 1 N–H and O–H groups in total. The zero-order valence-electron chi connectivity index (χ0n) is 11.6. The Hall–Kier alpha value is -1.61. The summed E-state index contributed by atoms with van der Waals surface area (Å²) in [7, 11) is 0. The van der Waals surface area contributed by atoms with Crippen molar-refractivity contribution >= 4 is 28.4 Å². The van der Waals surface area contributed by atoms with Crippen LogP contribution in [0.25, 0.3) is 10.9 Å². The summed E-state index contributed by atoms with van der Waals surface area (Å²) in [6, 6.07) is 9.38. The number of benzene rings is 1. The zero-order chi connectivity index (χ0) is 14.4. The van der Waals surface area contributed by atoms with Crippen molar-refractivity contribution < 1.29 is 4.79 Å². The van der Waals surface area contributed by atoms with Crippen LogP contribution in [0.3, 0.4) is 0 Å². The first-order chi connectivity index (χ1) is 9.72. The monoisotopic (exact) mass is 290 g/mol. The molecule has 0 aliphatic rings. The fourth-order valence-electron chi connectivity index (χ4n) is 2.13. The molecular weight excluding hydrogens is 272 g/mol. The first kappa shape index (κ1) is 14.8. The molecule has 2 rings (SSSR count). The maximum absolute atomic E-state index is 12.2. The van der Waals surface area contributed by atoms with Crippen molar-refractivity contribution in [1.82, 2.24) is 10.3 Å². The van der Waals surface area contributed by atoms with Gasteiger partial charge in [-0.25, -0.2) is 0 Å². The molecule has 1 atom stereocenters. The summed E-state index contributed by atoms with van der Waals surface area (Å²) >= 11 is 5.76. The lowest BCUT2D eigenvalue weighted by Gasteiger charge is -2.09. The summed E-state index contributed by atoms with van der Waals surface area (Å²) in [5.41, 5.74) is 1.52. The number of rotatable bonds is 6. The Kier molecular flexibility index (Phi) is 5.36. The summed E-state index contributed by atoms with van der Waals surface area (Å²) in [6.07, 6.45) is 3.71. The number of nitrogens with zero attached hydrogens (tertiary/aromatic N) is 1. The molecule has 106 valence electrons. The van der Waals surface area contributed by atoms with E-state index in [0.717, 1.165) is 23.7 Å². The first-order valence-electron chi connectivity index (χ1n) is 6.90. The third kappa shape index (κ3) is 3.70. The highest BCUT2D eigenvalue weighted by Crippen LogP contribution is 2.16. The minimum atomic E-state index is -0.0397. The topological polar surface area (TPSA) is 42.0 Å². The van der Waals surface area contributed by atoms with Crippen molar-refractivity contribution in [1.29, 1.82) is 0 Å². The summed E-state index contributed by atoms with van der Waals surface area (Å²) in [5, 5.41) is 3.85. The maximum atomic E-state index is 12.2. The number of aromatic nitrogens is 1. The second-order valence-corrected chi connectivity index (χ2v) is 5.34. The standard InChI is InChI=1S/C16H19ClN2O/c1-12(11-17)5-3-10-19-16(20)14-6-2-8-15-13(14)7-4-9-18-15/h2,4,6-9,12H,3,5,10-11H2,1H3,(H,19,20). The molecule has 2 aromatic rings. The number of amides is 1. The molecule has 0 radical (unpaired) electrons. The van der Waals surface area contributed by atoms with Gasteiger partial charge in [0.05, 0.1) is 5.52 Å². The molecule has 0 saturated carbocycles. The van der Waals surface area contributed by atoms with Crippen LogP contribution in [0.15, 0.2) is 36.5 Å². The van der Waals surface area contributed by atoms with Crippen LogP contribution >= 0.6 is 11.6 Å². The molecule has 0 fully saturated rings. The average Bonchev–Trinajstić information content (AvgIpc) is 2.50. The zero-order valence-corrected chi connectivity index (χ0v) is 12.4. The molecule has 0 aliphatic heterocycles. The van der Waals surface area contributed by atoms with Gasteiger partial charge < -0.3 is 5.32 Å². The molecule has 1 amide bonds. The van der Waals surface area contributed by atoms with Gasteiger partial charge in [-0.15, -0.1) is 11.6 Å². The van der Waals surface area contributed by atoms with E-state index in [1.165, 1.54) is 0 Å². The van der Waals surface area contributed by atoms with E-state index in [4.69, 9.17) is 11.6 Å². The summed E-state index contributed by atoms with van der Waals surface area (Å²) < 4.78 is 0. The Morgan fingerprint density at radius 1 is 1.35 bits per heavy atom. The van der Waals surface area contributed by atoms with Crippen molar-refractivity contribution in [3.63, 3.8) is 0 Å². The number of carbonyl (C=O) groups excluding carboxylic acids is 1. The number of fused-ring (bicyclic) bond motifs is 1. The minimum absolute atomic E-state index is 0.0397. The van der Waals surface area contributed by atoms with Gasteiger partial charge in [-0.2, -0.15) is 0 Å². The highest BCUT2D eigenvalue weighted by atomic mass is 35.5. The molecule has 20 heavy (non-hydrogen) atoms. The number of hydrogen-bond donors (Lipinski definition) is 1. The lowest BCUT2D eigenvalue weighted by atomic mass is 10.1. The van der Waals surface area contributed by atoms with Crippen molar-refractivity contribution in [3.8, 4) is 0 Å². The van der Waals surface area contributed by atoms with Gasteiger partial charge in [0, 0.05) is 29.6 Å². The Balaban J connectivity index is 1.98. The van der Waals surface area contributed by atoms with Crippen LogP contribution in [0.5, 0.6) is 0 Å². The van der Waals surface area contributed by atoms with E-state index in [-0.39, 0.29) is 5.91 Å². The Labute approximate surface area is 124 Å². The number of nitrogens with one attached hydrogen (secondary N) is 1. The minimum Gasteiger partial charge on any atom is -0.352 e. The van der Waals surface area contributed by atoms with E-state index < -0.39 is 0 Å². The van der Waals surface area contributed by atoms with Crippen molar-refractivity contribution in [2.45, 2.75) is 19.8 Å². The highest BCUT2D eigenvalue weighted by molar-refractivity contribution is 6.18. The highest BCUT2D eigenvalue weighted by Gasteiger charge is 2.09. The van der Waals surface area contributed by atoms with E-state index in [0.29, 0.717) is 23.9 Å². The molecule has 1 aromatic heterocycles. The van der Waals surface area contributed by atoms with Crippen LogP contribution in [-0.2, 0) is 0 Å². The third-order valence-corrected chi connectivity index (χ3v) is 3.84. The Morgan fingerprint density at radius 3 is 3.00 bits per heavy atom. The SMILES string of the molecule is CC(CCl)CCCNC(=O)c1cccc2ncccc12. The number of alkyl halides is 1. The third-order valence-electron chi connectivity index (χ3n) is 3.31. The average molecular weight is 291 g/mol. The van der Waals surface area contributed by atoms with Gasteiger partial charge in [0.15, 0.2) is 0 Å². The van der Waals surface area contributed by atoms with Crippen LogP contribution in [0.1, 0.15) is 30.1 Å². The largest absolute Gasteiger partial charge is 0.352 e. The van der Waals surface area contributed by atoms with E-state index in [1.807, 2.05) is 30.3 Å². The summed E-state index contributed by atoms with van der Waals surface area (Å²) in [5.74, 6) is 1.13. The van der Waals surface area contributed by atoms with Gasteiger partial charge >= 0.3 is 0 Å². The molecule has 1 heterocycles. The van der Waals surface area contributed by atoms with Gasteiger partial charge in [0.1, 0.15) is 0 Å². The number of pyridine rings is 1. The smallest absolute Gasteiger partial charge is 0.251 e. The van der Waals surface area contributed by atoms with Crippen LogP contribution in [-0.4, -0.2) is 23.3 Å². The quantitative estimate of drug-likeness (QED) is 0.652. The fourth-order valence-corrected chi connectivity index (χ4v) is 2.28. The Morgan fingerprint density at radius 2 is 2.20 bits per heavy atom. The molecule has 0 bridgehead atoms. The van der Waals surface area contributed by atoms with E-state index >= 15 is 0 Å². The van der Waals surface area contributed by atoms with E-state index in [9.17, 15) is 4.79 Å². The second kappa shape index (κ2) is 7.25. The number of carbonyl (C=O) groups is 1. The van der Waals surface area contributed by atoms with E-state index in [1.54, 1.807) is 6.20 Å². The molecule has 4 heteroatoms. The number of halogens is 1. The molecule has 1 unspecified atom stereocenters. The first-order valence-corrected chi connectivity index (χ1v) is 7.43. The predicted octanol–water partition coefficient (Wildman–Crippen LogP) is 3.62. The van der Waals surface area contributed by atoms with Crippen LogP contribution in [0.2, 0.25) is 0 Å². The van der Waals surface area contributed by atoms with Crippen molar-refractivity contribution in [2.24, 2.45) is 5.92 Å². The molecular formula is C16H19ClN2O. The van der Waals surface area contributed by atoms with Gasteiger partial charge in [0.2, 0.25) is 0 Å². The Bertz CT molecular complexity index is 580. The summed E-state index contributed by atoms with van der Waals surface area (Å²) in [4.78, 5) is 16.5. The normalized spacial score (nSPS) is 12.3. The molecule has 0 saturated heterocycles. The van der Waals surface area contributed by atoms with Gasteiger partial charge in [-0.05, 0) is 37.0 Å². The van der Waals surface area contributed by atoms with Gasteiger partial charge in [0.25, 0.3) is 5.91 Å². The maximum Gasteiger partial charge on any atom is 0.251 e. The van der Waals surface area contributed by atoms with Gasteiger partial charge in [-0.3, -0.25) is 9.78 Å². The van der Waals surface area contributed by atoms with Crippen LogP contribution in [0.4, 0.5) is 0 Å². The number of hydrogen-bond acceptors (Lipinski definition) is 2. The molecule has 1 aromatic carbocycles. The molecule has 0 aliphatic carbocycles. The van der Waals surface area contributed by atoms with Crippen LogP contribution < -0.4 is 5.32 Å². The fraction of sp³-hybridized carbons (Fsp3) is 0.375. The van der Waals surface area contributed by atoms with Crippen molar-refractivity contribution in [3.05, 3.63) is 42.1 Å². The van der Waals surface area contributed by atoms with Crippen LogP contribution in [0, 0.1) is 5.92 Å². The molecule has 3 nitrogen and oxygen atoms in total. The predicted molar refractivity (Wildman–Crippen MR) is 83.2 cm³/mol. The van der Waals surface area contributed by atoms with Gasteiger partial charge in [-0.1, -0.05) is 19.1 Å². The van der Waals surface area contributed by atoms with Crippen molar-refractivity contribution in [2.75, 3.05) is 12.4 Å². The lowest BCUT2D eigenvalue weighted by Crippen LogP contribution is -2.25. The molecule has 0 spiro atoms. The second-order valence-electron chi connectivity index (χ2n) is 5.03.